The highest BCUT2D eigenvalue weighted by molar-refractivity contribution is 5.98. The fraction of sp³-hybridized carbons (Fsp3) is 0.471. The predicted molar refractivity (Wildman–Crippen MR) is 85.3 cm³/mol. The van der Waals surface area contributed by atoms with Crippen molar-refractivity contribution in [2.45, 2.75) is 32.6 Å². The molecule has 0 saturated carbocycles. The zero-order chi connectivity index (χ0) is 17.2. The molecule has 1 N–H and O–H groups in total. The van der Waals surface area contributed by atoms with Gasteiger partial charge in [-0.1, -0.05) is 26.0 Å². The lowest BCUT2D eigenvalue weighted by Crippen LogP contribution is -2.30. The molecule has 2 rings (SSSR count). The Hall–Kier alpha value is -2.37. The van der Waals surface area contributed by atoms with E-state index in [0.717, 1.165) is 0 Å². The van der Waals surface area contributed by atoms with E-state index in [0.29, 0.717) is 17.7 Å². The molecule has 6 heteroatoms. The van der Waals surface area contributed by atoms with Crippen LogP contribution in [0.4, 0.5) is 0 Å². The van der Waals surface area contributed by atoms with Crippen LogP contribution in [0.1, 0.15) is 38.2 Å². The topological polar surface area (TPSA) is 89.7 Å². The minimum absolute atomic E-state index is 0.0334. The molecule has 1 aromatic carbocycles. The lowest BCUT2D eigenvalue weighted by molar-refractivity contribution is -0.481. The standard InChI is InChI=1S/C17H21NO5/c1-17(2)8-14(19)16(15(20)9-17)13(10-18(21)22)11-4-6-12(23-3)7-5-11/h4-7,13,19H,8-10H2,1-3H3/t13-/m1/s1. The highest BCUT2D eigenvalue weighted by atomic mass is 16.6. The van der Waals surface area contributed by atoms with Crippen LogP contribution >= 0.6 is 0 Å². The second kappa shape index (κ2) is 6.40. The molecule has 0 radical (unpaired) electrons. The number of nitrogens with zero attached hydrogens (tertiary/aromatic N) is 1. The Morgan fingerprint density at radius 3 is 2.39 bits per heavy atom. The van der Waals surface area contributed by atoms with Crippen molar-refractivity contribution < 1.29 is 19.6 Å². The van der Waals surface area contributed by atoms with Crippen LogP contribution < -0.4 is 4.74 Å². The van der Waals surface area contributed by atoms with Gasteiger partial charge in [0.25, 0.3) is 0 Å². The number of carbonyl (C=O) groups excluding carboxylic acids is 1. The maximum atomic E-state index is 12.5. The summed E-state index contributed by atoms with van der Waals surface area (Å²) in [5.74, 6) is -0.377. The van der Waals surface area contributed by atoms with Gasteiger partial charge in [0.1, 0.15) is 11.5 Å². The Kier molecular flexibility index (Phi) is 4.73. The number of ether oxygens (including phenoxy) is 1. The van der Waals surface area contributed by atoms with E-state index >= 15 is 0 Å². The van der Waals surface area contributed by atoms with E-state index in [-0.39, 0.29) is 29.0 Å². The first-order valence-corrected chi connectivity index (χ1v) is 7.44. The number of hydrogen-bond acceptors (Lipinski definition) is 5. The number of Topliss-reactive ketones (excluding diaryl/α,β-unsaturated/α-hetero) is 1. The zero-order valence-corrected chi connectivity index (χ0v) is 13.5. The number of methoxy groups -OCH3 is 1. The molecule has 0 unspecified atom stereocenters. The van der Waals surface area contributed by atoms with Gasteiger partial charge >= 0.3 is 0 Å². The average molecular weight is 319 g/mol. The fourth-order valence-corrected chi connectivity index (χ4v) is 3.05. The highest BCUT2D eigenvalue weighted by Crippen LogP contribution is 2.41. The Bertz CT molecular complexity index is 645. The molecule has 23 heavy (non-hydrogen) atoms. The summed E-state index contributed by atoms with van der Waals surface area (Å²) in [6.07, 6.45) is 0.620. The molecular formula is C17H21NO5. The maximum absolute atomic E-state index is 12.5. The van der Waals surface area contributed by atoms with Crippen molar-refractivity contribution >= 4 is 5.78 Å². The van der Waals surface area contributed by atoms with Crippen molar-refractivity contribution in [3.63, 3.8) is 0 Å². The van der Waals surface area contributed by atoms with Crippen LogP contribution in [0.3, 0.4) is 0 Å². The number of ketones is 1. The van der Waals surface area contributed by atoms with Crippen LogP contribution in [0.2, 0.25) is 0 Å². The summed E-state index contributed by atoms with van der Waals surface area (Å²) in [4.78, 5) is 23.1. The predicted octanol–water partition coefficient (Wildman–Crippen LogP) is 3.26. The summed E-state index contributed by atoms with van der Waals surface area (Å²) in [5, 5.41) is 21.4. The quantitative estimate of drug-likeness (QED) is 0.664. The van der Waals surface area contributed by atoms with E-state index in [1.54, 1.807) is 24.3 Å². The van der Waals surface area contributed by atoms with Gasteiger partial charge < -0.3 is 9.84 Å². The molecule has 1 aliphatic rings. The summed E-state index contributed by atoms with van der Waals surface area (Å²) < 4.78 is 5.08. The smallest absolute Gasteiger partial charge is 0.214 e. The first-order chi connectivity index (χ1) is 10.7. The van der Waals surface area contributed by atoms with E-state index in [2.05, 4.69) is 0 Å². The number of carbonyl (C=O) groups is 1. The second-order valence-electron chi connectivity index (χ2n) is 6.64. The summed E-state index contributed by atoms with van der Waals surface area (Å²) in [5.41, 5.74) is 0.465. The van der Waals surface area contributed by atoms with Gasteiger partial charge in [-0.15, -0.1) is 0 Å². The molecule has 1 aliphatic carbocycles. The van der Waals surface area contributed by atoms with Gasteiger partial charge in [-0.05, 0) is 23.1 Å². The highest BCUT2D eigenvalue weighted by Gasteiger charge is 2.38. The zero-order valence-electron chi connectivity index (χ0n) is 13.5. The molecule has 6 nitrogen and oxygen atoms in total. The summed E-state index contributed by atoms with van der Waals surface area (Å²) in [6.45, 7) is 3.36. The summed E-state index contributed by atoms with van der Waals surface area (Å²) >= 11 is 0. The van der Waals surface area contributed by atoms with Crippen molar-refractivity contribution in [3.05, 3.63) is 51.3 Å². The Morgan fingerprint density at radius 2 is 1.91 bits per heavy atom. The molecule has 0 heterocycles. The molecule has 0 aromatic heterocycles. The van der Waals surface area contributed by atoms with Crippen molar-refractivity contribution in [2.75, 3.05) is 13.7 Å². The van der Waals surface area contributed by atoms with E-state index in [9.17, 15) is 20.0 Å². The number of allylic oxidation sites excluding steroid dienone is 1. The SMILES string of the molecule is COc1ccc([C@@H](C[N+](=O)[O-])C2=C(O)CC(C)(C)CC2=O)cc1. The Morgan fingerprint density at radius 1 is 1.30 bits per heavy atom. The molecule has 0 spiro atoms. The van der Waals surface area contributed by atoms with Gasteiger partial charge in [-0.2, -0.15) is 0 Å². The van der Waals surface area contributed by atoms with Crippen molar-refractivity contribution in [3.8, 4) is 5.75 Å². The van der Waals surface area contributed by atoms with Gasteiger partial charge in [0.05, 0.1) is 13.0 Å². The molecule has 1 aromatic rings. The molecule has 124 valence electrons. The van der Waals surface area contributed by atoms with Gasteiger partial charge in [-0.3, -0.25) is 14.9 Å². The fourth-order valence-electron chi connectivity index (χ4n) is 3.05. The van der Waals surface area contributed by atoms with Crippen molar-refractivity contribution in [1.82, 2.24) is 0 Å². The number of hydrogen-bond donors (Lipinski definition) is 1. The molecule has 0 amide bonds. The third kappa shape index (κ3) is 3.88. The number of aliphatic hydroxyl groups excluding tert-OH is 1. The van der Waals surface area contributed by atoms with Crippen LogP contribution in [0.25, 0.3) is 0 Å². The van der Waals surface area contributed by atoms with Gasteiger partial charge in [0.2, 0.25) is 6.54 Å². The van der Waals surface area contributed by atoms with Crippen molar-refractivity contribution in [2.24, 2.45) is 5.41 Å². The molecule has 0 aliphatic heterocycles. The minimum Gasteiger partial charge on any atom is -0.512 e. The Balaban J connectivity index is 2.45. The largest absolute Gasteiger partial charge is 0.512 e. The first kappa shape index (κ1) is 17.0. The number of rotatable bonds is 5. The maximum Gasteiger partial charge on any atom is 0.214 e. The lowest BCUT2D eigenvalue weighted by Gasteiger charge is -2.31. The third-order valence-corrected chi connectivity index (χ3v) is 4.09. The molecule has 0 bridgehead atoms. The molecule has 1 atom stereocenters. The second-order valence-corrected chi connectivity index (χ2v) is 6.64. The average Bonchev–Trinajstić information content (AvgIpc) is 2.44. The Labute approximate surface area is 134 Å². The monoisotopic (exact) mass is 319 g/mol. The van der Waals surface area contributed by atoms with Crippen LogP contribution in [0.5, 0.6) is 5.75 Å². The van der Waals surface area contributed by atoms with Gasteiger partial charge in [0, 0.05) is 23.3 Å². The number of nitro groups is 1. The minimum atomic E-state index is -0.750. The molecular weight excluding hydrogens is 298 g/mol. The van der Waals surface area contributed by atoms with Crippen LogP contribution in [-0.4, -0.2) is 29.5 Å². The molecule has 0 fully saturated rings. The van der Waals surface area contributed by atoms with Gasteiger partial charge in [0.15, 0.2) is 5.78 Å². The first-order valence-electron chi connectivity index (χ1n) is 7.44. The van der Waals surface area contributed by atoms with Gasteiger partial charge in [-0.25, -0.2) is 0 Å². The number of benzene rings is 1. The summed E-state index contributed by atoms with van der Waals surface area (Å²) in [6, 6.07) is 6.77. The summed E-state index contributed by atoms with van der Waals surface area (Å²) in [7, 11) is 1.53. The van der Waals surface area contributed by atoms with E-state index in [1.807, 2.05) is 13.8 Å². The van der Waals surface area contributed by atoms with E-state index in [4.69, 9.17) is 4.74 Å². The lowest BCUT2D eigenvalue weighted by atomic mass is 9.72. The van der Waals surface area contributed by atoms with Crippen molar-refractivity contribution in [1.29, 1.82) is 0 Å². The number of aliphatic hydroxyl groups is 1. The normalized spacial score (nSPS) is 18.7. The van der Waals surface area contributed by atoms with Crippen LogP contribution in [0.15, 0.2) is 35.6 Å². The molecule has 0 saturated heterocycles. The van der Waals surface area contributed by atoms with Crippen LogP contribution in [-0.2, 0) is 4.79 Å². The van der Waals surface area contributed by atoms with Crippen LogP contribution in [0, 0.1) is 15.5 Å². The van der Waals surface area contributed by atoms with E-state index in [1.165, 1.54) is 7.11 Å². The third-order valence-electron chi connectivity index (χ3n) is 4.09. The van der Waals surface area contributed by atoms with E-state index < -0.39 is 17.4 Å².